The summed E-state index contributed by atoms with van der Waals surface area (Å²) in [5.74, 6) is -2.22. The third-order valence-corrected chi connectivity index (χ3v) is 5.22. The average molecular weight is 388 g/mol. The van der Waals surface area contributed by atoms with Gasteiger partial charge in [0.2, 0.25) is 0 Å². The lowest BCUT2D eigenvalue weighted by molar-refractivity contribution is 0.102. The van der Waals surface area contributed by atoms with Gasteiger partial charge < -0.3 is 5.32 Å². The second-order valence-electron chi connectivity index (χ2n) is 6.50. The molecular formula is C20H16ClF2N3O. The molecule has 0 saturated carbocycles. The molecule has 2 aromatic carbocycles. The summed E-state index contributed by atoms with van der Waals surface area (Å²) >= 11 is 6.11. The van der Waals surface area contributed by atoms with Gasteiger partial charge >= 0.3 is 0 Å². The molecule has 1 heterocycles. The van der Waals surface area contributed by atoms with Gasteiger partial charge in [-0.15, -0.1) is 0 Å². The van der Waals surface area contributed by atoms with Gasteiger partial charge in [-0.25, -0.2) is 13.5 Å². The Bertz CT molecular complexity index is 1060. The normalized spacial score (nSPS) is 12.9. The molecule has 0 aliphatic heterocycles. The third-order valence-electron chi connectivity index (χ3n) is 4.81. The van der Waals surface area contributed by atoms with Crippen LogP contribution in [0.5, 0.6) is 0 Å². The van der Waals surface area contributed by atoms with E-state index in [0.29, 0.717) is 22.1 Å². The van der Waals surface area contributed by atoms with Crippen LogP contribution in [0.1, 0.15) is 33.7 Å². The second kappa shape index (κ2) is 6.78. The highest BCUT2D eigenvalue weighted by atomic mass is 35.5. The van der Waals surface area contributed by atoms with E-state index in [4.69, 9.17) is 11.6 Å². The van der Waals surface area contributed by atoms with Gasteiger partial charge in [-0.3, -0.25) is 4.79 Å². The number of carbonyl (C=O) groups excluding carboxylic acids is 1. The number of nitrogens with zero attached hydrogens (tertiary/aromatic N) is 2. The number of nitrogens with one attached hydrogen (secondary N) is 1. The summed E-state index contributed by atoms with van der Waals surface area (Å²) in [6.07, 6.45) is 2.33. The van der Waals surface area contributed by atoms with Crippen LogP contribution >= 0.6 is 11.6 Å². The monoisotopic (exact) mass is 387 g/mol. The van der Waals surface area contributed by atoms with Gasteiger partial charge in [0, 0.05) is 28.0 Å². The fourth-order valence-electron chi connectivity index (χ4n) is 3.37. The molecule has 0 saturated heterocycles. The Morgan fingerprint density at radius 3 is 2.78 bits per heavy atom. The number of amides is 1. The zero-order chi connectivity index (χ0) is 19.1. The predicted molar refractivity (Wildman–Crippen MR) is 99.6 cm³/mol. The summed E-state index contributed by atoms with van der Waals surface area (Å²) in [7, 11) is 0. The number of aromatic nitrogens is 2. The number of halogens is 3. The summed E-state index contributed by atoms with van der Waals surface area (Å²) in [5.41, 5.74) is 3.77. The lowest BCUT2D eigenvalue weighted by Crippen LogP contribution is -2.15. The Morgan fingerprint density at radius 2 is 2.00 bits per heavy atom. The molecule has 0 atom stereocenters. The Hall–Kier alpha value is -2.73. The molecule has 4 rings (SSSR count). The molecule has 138 valence electrons. The lowest BCUT2D eigenvalue weighted by Gasteiger charge is -2.09. The molecule has 1 amide bonds. The van der Waals surface area contributed by atoms with E-state index in [0.717, 1.165) is 48.2 Å². The van der Waals surface area contributed by atoms with Crippen LogP contribution in [0.25, 0.3) is 5.69 Å². The minimum Gasteiger partial charge on any atom is -0.320 e. The van der Waals surface area contributed by atoms with E-state index in [2.05, 4.69) is 10.4 Å². The minimum absolute atomic E-state index is 0.298. The van der Waals surface area contributed by atoms with Crippen LogP contribution in [-0.2, 0) is 12.8 Å². The van der Waals surface area contributed by atoms with Crippen molar-refractivity contribution in [1.29, 1.82) is 0 Å². The summed E-state index contributed by atoms with van der Waals surface area (Å²) < 4.78 is 28.4. The molecule has 0 spiro atoms. The standard InChI is InChI=1S/C20H16ClF2N3O/c1-11-14(21)5-3-6-17(11)24-20(27)19-13-4-2-7-18(13)26(25-19)12-8-9-15(22)16(23)10-12/h3,5-6,8-10H,2,4,7H2,1H3,(H,24,27). The van der Waals surface area contributed by atoms with Crippen molar-refractivity contribution in [2.75, 3.05) is 5.32 Å². The number of benzene rings is 2. The molecule has 3 aromatic rings. The third kappa shape index (κ3) is 3.10. The van der Waals surface area contributed by atoms with Crippen molar-refractivity contribution in [3.63, 3.8) is 0 Å². The zero-order valence-electron chi connectivity index (χ0n) is 14.5. The van der Waals surface area contributed by atoms with Gasteiger partial charge in [0.1, 0.15) is 0 Å². The van der Waals surface area contributed by atoms with E-state index >= 15 is 0 Å². The van der Waals surface area contributed by atoms with Crippen LogP contribution in [0.15, 0.2) is 36.4 Å². The van der Waals surface area contributed by atoms with E-state index < -0.39 is 11.6 Å². The van der Waals surface area contributed by atoms with Crippen molar-refractivity contribution in [1.82, 2.24) is 9.78 Å². The number of hydrogen-bond acceptors (Lipinski definition) is 2. The number of rotatable bonds is 3. The second-order valence-corrected chi connectivity index (χ2v) is 6.91. The largest absolute Gasteiger partial charge is 0.320 e. The quantitative estimate of drug-likeness (QED) is 0.698. The summed E-state index contributed by atoms with van der Waals surface area (Å²) in [6.45, 7) is 1.82. The lowest BCUT2D eigenvalue weighted by atomic mass is 10.1. The van der Waals surface area contributed by atoms with Gasteiger partial charge in [0.15, 0.2) is 17.3 Å². The average Bonchev–Trinajstić information content (AvgIpc) is 3.24. The highest BCUT2D eigenvalue weighted by Crippen LogP contribution is 2.30. The smallest absolute Gasteiger partial charge is 0.276 e. The Morgan fingerprint density at radius 1 is 1.19 bits per heavy atom. The van der Waals surface area contributed by atoms with Gasteiger partial charge in [0.05, 0.1) is 5.69 Å². The molecule has 0 unspecified atom stereocenters. The minimum atomic E-state index is -0.949. The van der Waals surface area contributed by atoms with Crippen molar-refractivity contribution in [3.05, 3.63) is 75.6 Å². The maximum absolute atomic E-state index is 13.6. The highest BCUT2D eigenvalue weighted by Gasteiger charge is 2.27. The topological polar surface area (TPSA) is 46.9 Å². The Labute approximate surface area is 159 Å². The van der Waals surface area contributed by atoms with E-state index in [-0.39, 0.29) is 5.91 Å². The van der Waals surface area contributed by atoms with Crippen LogP contribution in [0, 0.1) is 18.6 Å². The maximum atomic E-state index is 13.6. The first-order chi connectivity index (χ1) is 13.0. The molecule has 1 aliphatic rings. The molecule has 27 heavy (non-hydrogen) atoms. The van der Waals surface area contributed by atoms with Crippen LogP contribution in [0.4, 0.5) is 14.5 Å². The van der Waals surface area contributed by atoms with Crippen molar-refractivity contribution < 1.29 is 13.6 Å². The van der Waals surface area contributed by atoms with Gasteiger partial charge in [-0.1, -0.05) is 17.7 Å². The Balaban J connectivity index is 1.73. The first-order valence-corrected chi connectivity index (χ1v) is 8.96. The molecule has 0 radical (unpaired) electrons. The fourth-order valence-corrected chi connectivity index (χ4v) is 3.55. The number of hydrogen-bond donors (Lipinski definition) is 1. The van der Waals surface area contributed by atoms with Gasteiger partial charge in [0.25, 0.3) is 5.91 Å². The first-order valence-electron chi connectivity index (χ1n) is 8.58. The van der Waals surface area contributed by atoms with Crippen molar-refractivity contribution in [2.24, 2.45) is 0 Å². The highest BCUT2D eigenvalue weighted by molar-refractivity contribution is 6.31. The number of fused-ring (bicyclic) bond motifs is 1. The van der Waals surface area contributed by atoms with Crippen LogP contribution < -0.4 is 5.32 Å². The summed E-state index contributed by atoms with van der Waals surface area (Å²) in [6, 6.07) is 8.88. The summed E-state index contributed by atoms with van der Waals surface area (Å²) in [5, 5.41) is 7.81. The fraction of sp³-hybridized carbons (Fsp3) is 0.200. The van der Waals surface area contributed by atoms with Gasteiger partial charge in [-0.05, 0) is 56.0 Å². The zero-order valence-corrected chi connectivity index (χ0v) is 15.3. The van der Waals surface area contributed by atoms with Crippen LogP contribution in [-0.4, -0.2) is 15.7 Å². The molecular weight excluding hydrogens is 372 g/mol. The molecule has 0 fully saturated rings. The van der Waals surface area contributed by atoms with Gasteiger partial charge in [-0.2, -0.15) is 5.10 Å². The van der Waals surface area contributed by atoms with Crippen LogP contribution in [0.2, 0.25) is 5.02 Å². The van der Waals surface area contributed by atoms with E-state index in [1.807, 2.05) is 6.92 Å². The molecule has 4 nitrogen and oxygen atoms in total. The van der Waals surface area contributed by atoms with E-state index in [9.17, 15) is 13.6 Å². The number of anilines is 1. The molecule has 1 aromatic heterocycles. The molecule has 1 N–H and O–H groups in total. The maximum Gasteiger partial charge on any atom is 0.276 e. The SMILES string of the molecule is Cc1c(Cl)cccc1NC(=O)c1nn(-c2ccc(F)c(F)c2)c2c1CCC2. The van der Waals surface area contributed by atoms with E-state index in [1.165, 1.54) is 10.7 Å². The van der Waals surface area contributed by atoms with Crippen molar-refractivity contribution in [2.45, 2.75) is 26.2 Å². The Kier molecular flexibility index (Phi) is 4.44. The number of carbonyl (C=O) groups is 1. The van der Waals surface area contributed by atoms with E-state index in [1.54, 1.807) is 18.2 Å². The summed E-state index contributed by atoms with van der Waals surface area (Å²) in [4.78, 5) is 12.8. The molecule has 7 heteroatoms. The molecule has 0 bridgehead atoms. The van der Waals surface area contributed by atoms with Crippen molar-refractivity contribution in [3.8, 4) is 5.69 Å². The van der Waals surface area contributed by atoms with Crippen LogP contribution in [0.3, 0.4) is 0 Å². The predicted octanol–water partition coefficient (Wildman–Crippen LogP) is 4.85. The van der Waals surface area contributed by atoms with Crippen molar-refractivity contribution >= 4 is 23.2 Å². The first kappa shape index (κ1) is 17.7. The molecule has 1 aliphatic carbocycles.